The minimum Gasteiger partial charge on any atom is -0.385 e. The molecule has 88 valence electrons. The Kier molecular flexibility index (Phi) is 5.84. The third-order valence-corrected chi connectivity index (χ3v) is 2.72. The molecule has 0 heterocycles. The molecule has 5 nitrogen and oxygen atoms in total. The second-order valence-corrected chi connectivity index (χ2v) is 4.06. The number of nitrogens with zero attached hydrogens (tertiary/aromatic N) is 1. The summed E-state index contributed by atoms with van der Waals surface area (Å²) in [5.74, 6) is 0. The Bertz CT molecular complexity index is 329. The van der Waals surface area contributed by atoms with Gasteiger partial charge in [-0.05, 0) is 30.5 Å². The highest BCUT2D eigenvalue weighted by atomic mass is 32.2. The van der Waals surface area contributed by atoms with E-state index in [4.69, 9.17) is 4.74 Å². The van der Waals surface area contributed by atoms with E-state index in [-0.39, 0.29) is 5.69 Å². The molecule has 0 saturated heterocycles. The van der Waals surface area contributed by atoms with Crippen LogP contribution in [0.1, 0.15) is 6.42 Å². The number of hydrogen-bond donors (Lipinski definition) is 1. The molecule has 0 fully saturated rings. The van der Waals surface area contributed by atoms with Gasteiger partial charge in [-0.1, -0.05) is 0 Å². The first-order valence-corrected chi connectivity index (χ1v) is 5.69. The van der Waals surface area contributed by atoms with Crippen molar-refractivity contribution in [3.05, 3.63) is 34.4 Å². The molecule has 0 unspecified atom stereocenters. The number of nitro groups is 1. The van der Waals surface area contributed by atoms with E-state index >= 15 is 0 Å². The van der Waals surface area contributed by atoms with Crippen molar-refractivity contribution in [3.8, 4) is 0 Å². The smallest absolute Gasteiger partial charge is 0.269 e. The summed E-state index contributed by atoms with van der Waals surface area (Å²) in [5, 5.41) is 10.4. The summed E-state index contributed by atoms with van der Waals surface area (Å²) in [4.78, 5) is 11.0. The quantitative estimate of drug-likeness (QED) is 0.344. The predicted octanol–water partition coefficient (Wildman–Crippen LogP) is 2.23. The highest BCUT2D eigenvalue weighted by molar-refractivity contribution is 7.97. The molecule has 0 aromatic heterocycles. The lowest BCUT2D eigenvalue weighted by Gasteiger charge is -2.03. The molecule has 0 amide bonds. The number of methoxy groups -OCH3 is 1. The zero-order valence-electron chi connectivity index (χ0n) is 9.01. The van der Waals surface area contributed by atoms with E-state index in [0.717, 1.165) is 24.5 Å². The Morgan fingerprint density at radius 3 is 2.69 bits per heavy atom. The average Bonchev–Trinajstić information content (AvgIpc) is 2.29. The summed E-state index contributed by atoms with van der Waals surface area (Å²) in [5.41, 5.74) is 0.115. The summed E-state index contributed by atoms with van der Waals surface area (Å²) < 4.78 is 8.06. The fourth-order valence-electron chi connectivity index (χ4n) is 1.06. The SMILES string of the molecule is COCCCNSc1ccc([N+](=O)[O-])cc1. The molecule has 0 atom stereocenters. The predicted molar refractivity (Wildman–Crippen MR) is 63.4 cm³/mol. The van der Waals surface area contributed by atoms with Gasteiger partial charge in [0.15, 0.2) is 0 Å². The monoisotopic (exact) mass is 242 g/mol. The lowest BCUT2D eigenvalue weighted by molar-refractivity contribution is -0.384. The molecule has 0 saturated carbocycles. The molecule has 0 aliphatic carbocycles. The van der Waals surface area contributed by atoms with Gasteiger partial charge in [-0.15, -0.1) is 0 Å². The van der Waals surface area contributed by atoms with Crippen LogP contribution in [0.2, 0.25) is 0 Å². The van der Waals surface area contributed by atoms with E-state index in [2.05, 4.69) is 4.72 Å². The van der Waals surface area contributed by atoms with Crippen LogP contribution in [0.15, 0.2) is 29.2 Å². The number of non-ortho nitro benzene ring substituents is 1. The molecule has 1 rings (SSSR count). The molecular formula is C10H14N2O3S. The van der Waals surface area contributed by atoms with Crippen molar-refractivity contribution in [2.24, 2.45) is 0 Å². The van der Waals surface area contributed by atoms with Gasteiger partial charge in [-0.25, -0.2) is 0 Å². The highest BCUT2D eigenvalue weighted by Crippen LogP contribution is 2.18. The first kappa shape index (κ1) is 13.0. The lowest BCUT2D eigenvalue weighted by Crippen LogP contribution is -2.07. The Balaban J connectivity index is 2.29. The van der Waals surface area contributed by atoms with Gasteiger partial charge in [-0.2, -0.15) is 0 Å². The average molecular weight is 242 g/mol. The van der Waals surface area contributed by atoms with Crippen molar-refractivity contribution in [2.75, 3.05) is 20.3 Å². The van der Waals surface area contributed by atoms with Crippen LogP contribution in [0.25, 0.3) is 0 Å². The number of ether oxygens (including phenoxy) is 1. The van der Waals surface area contributed by atoms with Gasteiger partial charge in [0.1, 0.15) is 0 Å². The van der Waals surface area contributed by atoms with E-state index in [1.165, 1.54) is 24.1 Å². The van der Waals surface area contributed by atoms with Crippen molar-refractivity contribution >= 4 is 17.6 Å². The molecule has 6 heteroatoms. The number of nitro benzene ring substituents is 1. The van der Waals surface area contributed by atoms with Crippen molar-refractivity contribution in [3.63, 3.8) is 0 Å². The van der Waals surface area contributed by atoms with Gasteiger partial charge in [-0.3, -0.25) is 14.8 Å². The van der Waals surface area contributed by atoms with Crippen molar-refractivity contribution in [1.29, 1.82) is 0 Å². The molecule has 1 aromatic carbocycles. The third kappa shape index (κ3) is 4.61. The van der Waals surface area contributed by atoms with Crippen molar-refractivity contribution in [2.45, 2.75) is 11.3 Å². The molecule has 1 N–H and O–H groups in total. The van der Waals surface area contributed by atoms with Gasteiger partial charge in [0, 0.05) is 37.3 Å². The summed E-state index contributed by atoms with van der Waals surface area (Å²) in [6.45, 7) is 1.57. The first-order valence-electron chi connectivity index (χ1n) is 4.87. The summed E-state index contributed by atoms with van der Waals surface area (Å²) >= 11 is 1.46. The number of rotatable bonds is 7. The van der Waals surface area contributed by atoms with Gasteiger partial charge < -0.3 is 4.74 Å². The Hall–Kier alpha value is -1.11. The van der Waals surface area contributed by atoms with Crippen molar-refractivity contribution in [1.82, 2.24) is 4.72 Å². The van der Waals surface area contributed by atoms with E-state index in [0.29, 0.717) is 0 Å². The summed E-state index contributed by atoms with van der Waals surface area (Å²) in [7, 11) is 1.67. The summed E-state index contributed by atoms with van der Waals surface area (Å²) in [6.07, 6.45) is 0.941. The van der Waals surface area contributed by atoms with E-state index < -0.39 is 4.92 Å². The summed E-state index contributed by atoms with van der Waals surface area (Å²) in [6, 6.07) is 6.45. The molecule has 0 radical (unpaired) electrons. The molecule has 0 aliphatic heterocycles. The topological polar surface area (TPSA) is 64.4 Å². The second kappa shape index (κ2) is 7.21. The third-order valence-electron chi connectivity index (χ3n) is 1.86. The molecule has 0 spiro atoms. The minimum atomic E-state index is -0.402. The van der Waals surface area contributed by atoms with Crippen LogP contribution >= 0.6 is 11.9 Å². The molecule has 0 aliphatic rings. The van der Waals surface area contributed by atoms with E-state index in [1.54, 1.807) is 19.2 Å². The van der Waals surface area contributed by atoms with Crippen LogP contribution in [0, 0.1) is 10.1 Å². The Morgan fingerprint density at radius 1 is 1.44 bits per heavy atom. The maximum absolute atomic E-state index is 10.4. The minimum absolute atomic E-state index is 0.115. The fourth-order valence-corrected chi connectivity index (χ4v) is 1.74. The van der Waals surface area contributed by atoms with Gasteiger partial charge in [0.2, 0.25) is 0 Å². The van der Waals surface area contributed by atoms with Crippen LogP contribution in [0.3, 0.4) is 0 Å². The van der Waals surface area contributed by atoms with Crippen LogP contribution in [0.4, 0.5) is 5.69 Å². The number of benzene rings is 1. The number of hydrogen-bond acceptors (Lipinski definition) is 5. The molecule has 1 aromatic rings. The van der Waals surface area contributed by atoms with E-state index in [1.807, 2.05) is 0 Å². The maximum Gasteiger partial charge on any atom is 0.269 e. The largest absolute Gasteiger partial charge is 0.385 e. The fraction of sp³-hybridized carbons (Fsp3) is 0.400. The standard InChI is InChI=1S/C10H14N2O3S/c1-15-8-2-7-11-16-10-5-3-9(4-6-10)12(13)14/h3-6,11H,2,7-8H2,1H3. The van der Waals surface area contributed by atoms with Crippen molar-refractivity contribution < 1.29 is 9.66 Å². The Labute approximate surface area is 98.5 Å². The maximum atomic E-state index is 10.4. The number of nitrogens with one attached hydrogen (secondary N) is 1. The molecular weight excluding hydrogens is 228 g/mol. The highest BCUT2D eigenvalue weighted by Gasteiger charge is 2.03. The van der Waals surface area contributed by atoms with Crippen LogP contribution in [-0.4, -0.2) is 25.2 Å². The van der Waals surface area contributed by atoms with Crippen LogP contribution in [-0.2, 0) is 4.74 Å². The van der Waals surface area contributed by atoms with Gasteiger partial charge >= 0.3 is 0 Å². The zero-order valence-corrected chi connectivity index (χ0v) is 9.83. The van der Waals surface area contributed by atoms with Gasteiger partial charge in [0.05, 0.1) is 4.92 Å². The zero-order chi connectivity index (χ0) is 11.8. The second-order valence-electron chi connectivity index (χ2n) is 3.09. The Morgan fingerprint density at radius 2 is 2.12 bits per heavy atom. The normalized spacial score (nSPS) is 10.3. The lowest BCUT2D eigenvalue weighted by atomic mass is 10.3. The van der Waals surface area contributed by atoms with Crippen LogP contribution < -0.4 is 4.72 Å². The molecule has 16 heavy (non-hydrogen) atoms. The first-order chi connectivity index (χ1) is 7.74. The molecule has 0 bridgehead atoms. The van der Waals surface area contributed by atoms with Gasteiger partial charge in [0.25, 0.3) is 5.69 Å². The van der Waals surface area contributed by atoms with E-state index in [9.17, 15) is 10.1 Å². The van der Waals surface area contributed by atoms with Crippen LogP contribution in [0.5, 0.6) is 0 Å².